The molecule has 4 N–H and O–H groups in total. The normalized spacial score (nSPS) is 13.7. The summed E-state index contributed by atoms with van der Waals surface area (Å²) in [4.78, 5) is 66.5. The molecule has 0 spiro atoms. The Bertz CT molecular complexity index is 3310. The maximum atomic E-state index is 14.5. The van der Waals surface area contributed by atoms with Gasteiger partial charge >= 0.3 is 24.1 Å². The number of rotatable bonds is 11. The number of terminal acetylenes is 1. The van der Waals surface area contributed by atoms with E-state index in [1.165, 1.54) is 53.6 Å². The summed E-state index contributed by atoms with van der Waals surface area (Å²) in [5, 5.41) is 19.3. The summed E-state index contributed by atoms with van der Waals surface area (Å²) >= 11 is 7.22. The fourth-order valence-corrected chi connectivity index (χ4v) is 8.57. The van der Waals surface area contributed by atoms with Gasteiger partial charge in [-0.3, -0.25) is 20.0 Å². The molecule has 2 aliphatic rings. The van der Waals surface area contributed by atoms with Gasteiger partial charge in [0.15, 0.2) is 24.1 Å². The van der Waals surface area contributed by atoms with Gasteiger partial charge in [0.25, 0.3) is 15.9 Å². The van der Waals surface area contributed by atoms with Crippen LogP contribution >= 0.6 is 23.1 Å². The van der Waals surface area contributed by atoms with Crippen molar-refractivity contribution in [2.24, 2.45) is 10.4 Å². The van der Waals surface area contributed by atoms with Crippen molar-refractivity contribution in [1.29, 1.82) is 0 Å². The number of hydrogen-bond donors (Lipinski definition) is 4. The summed E-state index contributed by atoms with van der Waals surface area (Å²) in [6, 6.07) is 10.0. The van der Waals surface area contributed by atoms with Crippen molar-refractivity contribution in [3.63, 3.8) is 0 Å². The molecule has 0 radical (unpaired) electrons. The molecule has 0 saturated carbocycles. The molecule has 0 saturated heterocycles. The summed E-state index contributed by atoms with van der Waals surface area (Å²) < 4.78 is 106. The highest BCUT2D eigenvalue weighted by atomic mass is 35.5. The van der Waals surface area contributed by atoms with Crippen LogP contribution in [0.15, 0.2) is 70.8 Å². The second-order valence-electron chi connectivity index (χ2n) is 15.5. The van der Waals surface area contributed by atoms with Crippen molar-refractivity contribution in [2.45, 2.75) is 38.0 Å². The number of alkyl halides is 3. The van der Waals surface area contributed by atoms with Crippen LogP contribution in [0.3, 0.4) is 0 Å². The molecule has 22 nitrogen and oxygen atoms in total. The molecule has 0 bridgehead atoms. The van der Waals surface area contributed by atoms with Crippen molar-refractivity contribution in [3.05, 3.63) is 93.5 Å². The van der Waals surface area contributed by atoms with Crippen LogP contribution in [-0.2, 0) is 38.8 Å². The lowest BCUT2D eigenvalue weighted by atomic mass is 9.92. The first-order valence-electron chi connectivity index (χ1n) is 20.2. The van der Waals surface area contributed by atoms with Gasteiger partial charge in [-0.1, -0.05) is 31.4 Å². The first-order chi connectivity index (χ1) is 33.9. The number of nitrogens with zero attached hydrogens (tertiary/aromatic N) is 8. The van der Waals surface area contributed by atoms with E-state index in [0.29, 0.717) is 44.7 Å². The number of carbonyl (C=O) groups excluding carboxylic acids is 2. The second-order valence-corrected chi connectivity index (χ2v) is 18.2. The van der Waals surface area contributed by atoms with E-state index in [2.05, 4.69) is 49.1 Å². The van der Waals surface area contributed by atoms with Crippen molar-refractivity contribution in [1.82, 2.24) is 33.6 Å². The molecule has 0 unspecified atom stereocenters. The summed E-state index contributed by atoms with van der Waals surface area (Å²) in [5.74, 6) is -0.167. The monoisotopic (exact) mass is 1060 g/mol. The zero-order valence-electron chi connectivity index (χ0n) is 37.6. The van der Waals surface area contributed by atoms with E-state index in [1.807, 2.05) is 9.88 Å². The molecule has 72 heavy (non-hydrogen) atoms. The quantitative estimate of drug-likeness (QED) is 0.0890. The minimum atomic E-state index is -5.14. The number of fused-ring (bicyclic) bond motifs is 3. The van der Waals surface area contributed by atoms with Crippen LogP contribution in [0.1, 0.15) is 35.7 Å². The Kier molecular flexibility index (Phi) is 16.2. The lowest BCUT2D eigenvalue weighted by Crippen LogP contribution is -2.39. The number of halogens is 5. The van der Waals surface area contributed by atoms with E-state index in [4.69, 9.17) is 47.2 Å². The number of urea groups is 1. The maximum Gasteiger partial charge on any atom is 0.433 e. The van der Waals surface area contributed by atoms with Crippen molar-refractivity contribution < 1.29 is 74.3 Å². The largest absolute Gasteiger partial charge is 0.481 e. The molecular formula is C43H37ClF4N10O12S2. The van der Waals surface area contributed by atoms with Gasteiger partial charge in [-0.05, 0) is 47.9 Å². The van der Waals surface area contributed by atoms with E-state index in [9.17, 15) is 45.2 Å². The second kappa shape index (κ2) is 21.9. The zero-order valence-corrected chi connectivity index (χ0v) is 40.0. The molecule has 2 aromatic carbocycles. The van der Waals surface area contributed by atoms with Crippen LogP contribution in [0.5, 0.6) is 23.3 Å². The van der Waals surface area contributed by atoms with Crippen LogP contribution in [0.2, 0.25) is 5.02 Å². The molecule has 378 valence electrons. The third-order valence-corrected chi connectivity index (χ3v) is 12.0. The van der Waals surface area contributed by atoms with Crippen molar-refractivity contribution in [2.75, 3.05) is 44.2 Å². The number of amides is 3. The van der Waals surface area contributed by atoms with Crippen LogP contribution in [0, 0.1) is 23.6 Å². The van der Waals surface area contributed by atoms with E-state index < -0.39 is 68.8 Å². The smallest absolute Gasteiger partial charge is 0.433 e. The molecular weight excluding hydrogens is 1020 g/mol. The lowest BCUT2D eigenvalue weighted by molar-refractivity contribution is -0.141. The number of methoxy groups -OCH3 is 2. The van der Waals surface area contributed by atoms with Gasteiger partial charge < -0.3 is 33.7 Å². The number of anilines is 2. The van der Waals surface area contributed by atoms with E-state index >= 15 is 0 Å². The van der Waals surface area contributed by atoms with Crippen LogP contribution in [-0.4, -0.2) is 105 Å². The molecule has 3 amide bonds. The number of carbonyl (C=O) groups is 4. The number of aromatic carboxylic acids is 1. The summed E-state index contributed by atoms with van der Waals surface area (Å²) in [5.41, 5.74) is -1.51. The van der Waals surface area contributed by atoms with Gasteiger partial charge in [0.05, 0.1) is 43.1 Å². The Morgan fingerprint density at radius 3 is 2.40 bits per heavy atom. The number of hydrogen-bond acceptors (Lipinski definition) is 17. The Labute approximate surface area is 413 Å². The predicted octanol–water partition coefficient (Wildman–Crippen LogP) is 5.72. The highest BCUT2D eigenvalue weighted by Gasteiger charge is 2.37. The molecule has 29 heteroatoms. The SMILES string of the molecule is C#CCN1C(=O)COc2cc(F)c(N=c3snc4n3CC(C)(C)C4)cc21.COc1cc(OC)nc(NC(=O)NS(=O)(=O)c2nc(C(F)(F)F)ccc2C(=O)O)n1.O=C(O)COc1ccc(Cl)c2cccnc12. The topological polar surface area (TPSA) is 289 Å². The molecule has 0 fully saturated rings. The molecule has 2 aliphatic heterocycles. The predicted molar refractivity (Wildman–Crippen MR) is 246 cm³/mol. The lowest BCUT2D eigenvalue weighted by Gasteiger charge is -2.28. The van der Waals surface area contributed by atoms with E-state index in [-0.39, 0.29) is 41.9 Å². The number of pyridine rings is 2. The Morgan fingerprint density at radius 1 is 1.06 bits per heavy atom. The third kappa shape index (κ3) is 12.8. The van der Waals surface area contributed by atoms with Crippen LogP contribution in [0.25, 0.3) is 10.9 Å². The Hall–Kier alpha value is -8.16. The number of aromatic nitrogens is 6. The molecule has 6 heterocycles. The van der Waals surface area contributed by atoms with Gasteiger partial charge in [0, 0.05) is 42.1 Å². The van der Waals surface area contributed by atoms with Gasteiger partial charge in [-0.25, -0.2) is 33.5 Å². The molecule has 0 atom stereocenters. The molecule has 4 aromatic heterocycles. The van der Waals surface area contributed by atoms with Crippen molar-refractivity contribution in [3.8, 4) is 35.6 Å². The van der Waals surface area contributed by atoms with Crippen LogP contribution in [0.4, 0.5) is 39.7 Å². The number of ether oxygens (including phenoxy) is 4. The van der Waals surface area contributed by atoms with Crippen LogP contribution < -0.4 is 38.7 Å². The van der Waals surface area contributed by atoms with Gasteiger partial charge in [0.2, 0.25) is 22.5 Å². The van der Waals surface area contributed by atoms with Gasteiger partial charge in [0.1, 0.15) is 34.2 Å². The number of sulfonamides is 1. The first kappa shape index (κ1) is 53.2. The fraction of sp³-hybridized carbons (Fsp3) is 0.256. The third-order valence-electron chi connectivity index (χ3n) is 9.65. The van der Waals surface area contributed by atoms with Crippen molar-refractivity contribution >= 4 is 85.3 Å². The average Bonchev–Trinajstić information content (AvgIpc) is 3.84. The standard InChI is InChI=1S/C18H17FN4O2S.C14H12F3N5O7S.C11H8ClNO3/c1-4-5-22-13-7-12(11(19)6-14(13)25-9-16(22)24)20-17-23-10-18(2,3)8-15(23)21-26-17;1-28-8-5-9(29-2)20-12(19-8)21-13(25)22-30(26,27)10-6(11(23)24)3-4-7(18-10)14(15,16)17;12-8-3-4-9(16-6-10(14)15)11-7(8)2-1-5-13-11/h1,6-7H,5,8-10H2,2-3H3;3-5H,1-2H3,(H,23,24)(H2,19,20,21,22,25);1-5H,6H2,(H,14,15). The van der Waals surface area contributed by atoms with Gasteiger partial charge in [-0.15, -0.1) is 6.42 Å². The maximum absolute atomic E-state index is 14.5. The summed E-state index contributed by atoms with van der Waals surface area (Å²) in [6.45, 7) is 4.66. The first-order valence-corrected chi connectivity index (χ1v) is 22.9. The number of carboxylic acids is 2. The molecule has 6 aromatic rings. The van der Waals surface area contributed by atoms with E-state index in [1.54, 1.807) is 30.5 Å². The fourth-order valence-electron chi connectivity index (χ4n) is 6.55. The molecule has 8 rings (SSSR count). The van der Waals surface area contributed by atoms with E-state index in [0.717, 1.165) is 24.2 Å². The average molecular weight is 1060 g/mol. The highest BCUT2D eigenvalue weighted by Crippen LogP contribution is 2.38. The number of carboxylic acid groups (broad SMARTS) is 2. The Morgan fingerprint density at radius 2 is 1.76 bits per heavy atom. The number of benzene rings is 2. The number of aliphatic carboxylic acids is 1. The highest BCUT2D eigenvalue weighted by molar-refractivity contribution is 7.90. The minimum Gasteiger partial charge on any atom is -0.481 e. The summed E-state index contributed by atoms with van der Waals surface area (Å²) in [7, 11) is -2.66. The summed E-state index contributed by atoms with van der Waals surface area (Å²) in [6.07, 6.45) is 2.76. The number of nitrogens with one attached hydrogen (secondary N) is 2. The minimum absolute atomic E-state index is 0.0623. The van der Waals surface area contributed by atoms with Gasteiger partial charge in [-0.2, -0.15) is 35.9 Å². The molecule has 0 aliphatic carbocycles. The zero-order chi connectivity index (χ0) is 52.7. The Balaban J connectivity index is 0.000000184.